The number of nitrogens with two attached hydrogens (primary N) is 1. The minimum Gasteiger partial charge on any atom is -0.469 e. The second-order valence-corrected chi connectivity index (χ2v) is 3.81. The average Bonchev–Trinajstić information content (AvgIpc) is 2.76. The summed E-state index contributed by atoms with van der Waals surface area (Å²) in [5.74, 6) is 0.638. The van der Waals surface area contributed by atoms with Crippen molar-refractivity contribution in [1.29, 1.82) is 0 Å². The van der Waals surface area contributed by atoms with Crippen LogP contribution in [-0.2, 0) is 6.42 Å². The summed E-state index contributed by atoms with van der Waals surface area (Å²) in [5, 5.41) is 2.92. The smallest absolute Gasteiger partial charge is 0.255 e. The first-order valence-electron chi connectivity index (χ1n) is 5.80. The molecule has 0 saturated carbocycles. The van der Waals surface area contributed by atoms with Crippen LogP contribution in [0.3, 0.4) is 0 Å². The van der Waals surface area contributed by atoms with Gasteiger partial charge in [-0.05, 0) is 12.5 Å². The summed E-state index contributed by atoms with van der Waals surface area (Å²) in [6.45, 7) is 4.51. The Balaban J connectivity index is 2.64. The van der Waals surface area contributed by atoms with Gasteiger partial charge in [0.25, 0.3) is 5.91 Å². The summed E-state index contributed by atoms with van der Waals surface area (Å²) in [4.78, 5) is 11.9. The lowest BCUT2D eigenvalue weighted by atomic mass is 10.1. The molecule has 0 bridgehead atoms. The van der Waals surface area contributed by atoms with E-state index < -0.39 is 0 Å². The van der Waals surface area contributed by atoms with E-state index >= 15 is 0 Å². The molecule has 90 valence electrons. The first-order valence-corrected chi connectivity index (χ1v) is 5.80. The van der Waals surface area contributed by atoms with E-state index in [-0.39, 0.29) is 11.9 Å². The molecule has 0 aliphatic carbocycles. The lowest BCUT2D eigenvalue weighted by Crippen LogP contribution is -2.40. The number of rotatable bonds is 6. The van der Waals surface area contributed by atoms with E-state index in [4.69, 9.17) is 10.2 Å². The molecule has 4 nitrogen and oxygen atoms in total. The topological polar surface area (TPSA) is 68.3 Å². The molecule has 1 unspecified atom stereocenters. The molecule has 3 N–H and O–H groups in total. The number of carbonyl (C=O) groups excluding carboxylic acids is 1. The van der Waals surface area contributed by atoms with Crippen LogP contribution >= 0.6 is 0 Å². The molecule has 0 aromatic carbocycles. The molecule has 1 atom stereocenters. The number of amides is 1. The summed E-state index contributed by atoms with van der Waals surface area (Å²) < 4.78 is 5.22. The monoisotopic (exact) mass is 224 g/mol. The zero-order valence-electron chi connectivity index (χ0n) is 9.95. The first-order chi connectivity index (χ1) is 7.72. The third-order valence-corrected chi connectivity index (χ3v) is 2.57. The molecule has 1 amide bonds. The maximum atomic E-state index is 11.9. The van der Waals surface area contributed by atoms with Gasteiger partial charge in [-0.25, -0.2) is 0 Å². The molecule has 0 saturated heterocycles. The van der Waals surface area contributed by atoms with Crippen LogP contribution in [0.4, 0.5) is 0 Å². The molecule has 1 aromatic heterocycles. The highest BCUT2D eigenvalue weighted by molar-refractivity contribution is 5.95. The van der Waals surface area contributed by atoms with E-state index in [9.17, 15) is 4.79 Å². The summed E-state index contributed by atoms with van der Waals surface area (Å²) in [7, 11) is 0. The summed E-state index contributed by atoms with van der Waals surface area (Å²) in [6, 6.07) is 1.75. The zero-order chi connectivity index (χ0) is 12.0. The van der Waals surface area contributed by atoms with E-state index in [0.29, 0.717) is 12.1 Å². The van der Waals surface area contributed by atoms with Crippen molar-refractivity contribution in [2.75, 3.05) is 6.54 Å². The van der Waals surface area contributed by atoms with Gasteiger partial charge in [0.05, 0.1) is 11.8 Å². The van der Waals surface area contributed by atoms with Crippen LogP contribution in [-0.4, -0.2) is 18.5 Å². The number of nitrogens with one attached hydrogen (secondary N) is 1. The van der Waals surface area contributed by atoms with Gasteiger partial charge in [-0.15, -0.1) is 0 Å². The highest BCUT2D eigenvalue weighted by Gasteiger charge is 2.16. The third-order valence-electron chi connectivity index (χ3n) is 2.57. The molecule has 0 spiro atoms. The van der Waals surface area contributed by atoms with Crippen LogP contribution in [0.15, 0.2) is 16.7 Å². The number of hydrogen-bond acceptors (Lipinski definition) is 3. The zero-order valence-corrected chi connectivity index (χ0v) is 9.95. The molecule has 16 heavy (non-hydrogen) atoms. The van der Waals surface area contributed by atoms with Crippen LogP contribution in [0.5, 0.6) is 0 Å². The quantitative estimate of drug-likeness (QED) is 0.772. The van der Waals surface area contributed by atoms with Crippen molar-refractivity contribution < 1.29 is 9.21 Å². The third kappa shape index (κ3) is 3.10. The number of hydrogen-bond donors (Lipinski definition) is 2. The fourth-order valence-corrected chi connectivity index (χ4v) is 1.68. The van der Waals surface area contributed by atoms with Crippen molar-refractivity contribution in [3.05, 3.63) is 23.7 Å². The van der Waals surface area contributed by atoms with Gasteiger partial charge in [0.1, 0.15) is 5.76 Å². The van der Waals surface area contributed by atoms with Gasteiger partial charge in [-0.3, -0.25) is 4.79 Å². The Kier molecular flexibility index (Phi) is 5.05. The Morgan fingerprint density at radius 2 is 2.31 bits per heavy atom. The predicted molar refractivity (Wildman–Crippen MR) is 63.3 cm³/mol. The SMILES string of the molecule is CCCC(CN)NC(=O)c1ccoc1CC. The Labute approximate surface area is 96.2 Å². The van der Waals surface area contributed by atoms with E-state index in [1.807, 2.05) is 6.92 Å². The van der Waals surface area contributed by atoms with Gasteiger partial charge in [-0.2, -0.15) is 0 Å². The summed E-state index contributed by atoms with van der Waals surface area (Å²) in [6.07, 6.45) is 4.18. The van der Waals surface area contributed by atoms with Gasteiger partial charge in [0.15, 0.2) is 0 Å². The van der Waals surface area contributed by atoms with Crippen LogP contribution in [0.25, 0.3) is 0 Å². The number of carbonyl (C=O) groups is 1. The minimum atomic E-state index is -0.0884. The van der Waals surface area contributed by atoms with Crippen molar-refractivity contribution in [2.45, 2.75) is 39.2 Å². The van der Waals surface area contributed by atoms with E-state index in [0.717, 1.165) is 25.0 Å². The highest BCUT2D eigenvalue weighted by atomic mass is 16.3. The van der Waals surface area contributed by atoms with Gasteiger partial charge in [0.2, 0.25) is 0 Å². The molecule has 0 aliphatic rings. The van der Waals surface area contributed by atoms with Crippen LogP contribution in [0, 0.1) is 0 Å². The summed E-state index contributed by atoms with van der Waals surface area (Å²) >= 11 is 0. The lowest BCUT2D eigenvalue weighted by molar-refractivity contribution is 0.0934. The fraction of sp³-hybridized carbons (Fsp3) is 0.583. The van der Waals surface area contributed by atoms with Gasteiger partial charge in [-0.1, -0.05) is 20.3 Å². The molecule has 0 fully saturated rings. The minimum absolute atomic E-state index is 0.0529. The Morgan fingerprint density at radius 1 is 1.56 bits per heavy atom. The summed E-state index contributed by atoms with van der Waals surface area (Å²) in [5.41, 5.74) is 6.22. The molecular formula is C12H20N2O2. The molecule has 1 rings (SSSR count). The normalized spacial score (nSPS) is 12.4. The molecule has 0 radical (unpaired) electrons. The predicted octanol–water partition coefficient (Wildman–Crippen LogP) is 1.70. The van der Waals surface area contributed by atoms with Crippen molar-refractivity contribution in [3.8, 4) is 0 Å². The molecule has 1 heterocycles. The lowest BCUT2D eigenvalue weighted by Gasteiger charge is -2.15. The second-order valence-electron chi connectivity index (χ2n) is 3.81. The van der Waals surface area contributed by atoms with Crippen molar-refractivity contribution >= 4 is 5.91 Å². The number of furan rings is 1. The van der Waals surface area contributed by atoms with Crippen LogP contribution < -0.4 is 11.1 Å². The second kappa shape index (κ2) is 6.33. The van der Waals surface area contributed by atoms with E-state index in [1.54, 1.807) is 12.3 Å². The maximum Gasteiger partial charge on any atom is 0.255 e. The average molecular weight is 224 g/mol. The van der Waals surface area contributed by atoms with Gasteiger partial charge < -0.3 is 15.5 Å². The van der Waals surface area contributed by atoms with Gasteiger partial charge >= 0.3 is 0 Å². The molecule has 1 aromatic rings. The van der Waals surface area contributed by atoms with E-state index in [2.05, 4.69) is 12.2 Å². The van der Waals surface area contributed by atoms with E-state index in [1.165, 1.54) is 0 Å². The van der Waals surface area contributed by atoms with Crippen LogP contribution in [0.2, 0.25) is 0 Å². The fourth-order valence-electron chi connectivity index (χ4n) is 1.68. The van der Waals surface area contributed by atoms with Crippen molar-refractivity contribution in [1.82, 2.24) is 5.32 Å². The van der Waals surface area contributed by atoms with Crippen molar-refractivity contribution in [2.24, 2.45) is 5.73 Å². The number of aryl methyl sites for hydroxylation is 1. The first kappa shape index (κ1) is 12.8. The molecule has 4 heteroatoms. The maximum absolute atomic E-state index is 11.9. The molecular weight excluding hydrogens is 204 g/mol. The van der Waals surface area contributed by atoms with Gasteiger partial charge in [0, 0.05) is 19.0 Å². The largest absolute Gasteiger partial charge is 0.469 e. The Bertz CT molecular complexity index is 334. The Hall–Kier alpha value is -1.29. The molecule has 0 aliphatic heterocycles. The standard InChI is InChI=1S/C12H20N2O2/c1-3-5-9(8-13)14-12(15)10-6-7-16-11(10)4-2/h6-7,9H,3-5,8,13H2,1-2H3,(H,14,15). The van der Waals surface area contributed by atoms with Crippen LogP contribution in [0.1, 0.15) is 42.8 Å². The Morgan fingerprint density at radius 3 is 2.88 bits per heavy atom. The highest BCUT2D eigenvalue weighted by Crippen LogP contribution is 2.11. The van der Waals surface area contributed by atoms with Crippen molar-refractivity contribution in [3.63, 3.8) is 0 Å².